The maximum Gasteiger partial charge on any atom is 0.417 e. The van der Waals surface area contributed by atoms with Gasteiger partial charge in [-0.05, 0) is 18.9 Å². The second kappa shape index (κ2) is 7.39. The third-order valence-electron chi connectivity index (χ3n) is 4.70. The van der Waals surface area contributed by atoms with Crippen LogP contribution in [-0.4, -0.2) is 28.5 Å². The summed E-state index contributed by atoms with van der Waals surface area (Å²) in [5.74, 6) is 0.788. The number of hydrogen-bond acceptors (Lipinski definition) is 5. The molecule has 0 aliphatic carbocycles. The molecule has 1 saturated heterocycles. The van der Waals surface area contributed by atoms with Crippen LogP contribution in [0.4, 0.5) is 19.0 Å². The van der Waals surface area contributed by atoms with Gasteiger partial charge in [0.15, 0.2) is 5.78 Å². The van der Waals surface area contributed by atoms with Gasteiger partial charge in [0, 0.05) is 24.2 Å². The van der Waals surface area contributed by atoms with Gasteiger partial charge in [-0.25, -0.2) is 4.98 Å². The van der Waals surface area contributed by atoms with Crippen molar-refractivity contribution in [2.75, 3.05) is 11.4 Å². The summed E-state index contributed by atoms with van der Waals surface area (Å²) in [6.45, 7) is 6.45. The van der Waals surface area contributed by atoms with Crippen LogP contribution in [0.1, 0.15) is 50.6 Å². The smallest absolute Gasteiger partial charge is 0.361 e. The number of halogens is 4. The first-order valence-electron chi connectivity index (χ1n) is 8.95. The Morgan fingerprint density at radius 2 is 2.04 bits per heavy atom. The average Bonchev–Trinajstić information content (AvgIpc) is 3.22. The lowest BCUT2D eigenvalue weighted by Crippen LogP contribution is -2.37. The van der Waals surface area contributed by atoms with E-state index in [1.807, 2.05) is 20.8 Å². The van der Waals surface area contributed by atoms with Crippen LogP contribution in [0, 0.1) is 0 Å². The molecule has 0 spiro atoms. The number of rotatable bonds is 4. The molecule has 2 aromatic heterocycles. The van der Waals surface area contributed by atoms with Gasteiger partial charge >= 0.3 is 6.18 Å². The van der Waals surface area contributed by atoms with Crippen molar-refractivity contribution >= 4 is 23.2 Å². The molecule has 1 fully saturated rings. The second-order valence-corrected chi connectivity index (χ2v) is 8.36. The minimum Gasteiger partial charge on any atom is -0.361 e. The highest BCUT2D eigenvalue weighted by Crippen LogP contribution is 2.36. The van der Waals surface area contributed by atoms with Crippen molar-refractivity contribution in [2.45, 2.75) is 57.7 Å². The fourth-order valence-electron chi connectivity index (χ4n) is 3.20. The van der Waals surface area contributed by atoms with E-state index in [1.165, 1.54) is 0 Å². The molecule has 5 nitrogen and oxygen atoms in total. The molecule has 0 saturated carbocycles. The Morgan fingerprint density at radius 3 is 2.61 bits per heavy atom. The van der Waals surface area contributed by atoms with Crippen molar-refractivity contribution in [1.82, 2.24) is 10.1 Å². The Bertz CT molecular complexity index is 874. The van der Waals surface area contributed by atoms with Crippen LogP contribution in [0.5, 0.6) is 0 Å². The van der Waals surface area contributed by atoms with E-state index in [-0.39, 0.29) is 28.5 Å². The van der Waals surface area contributed by atoms with Gasteiger partial charge in [0.2, 0.25) is 0 Å². The molecule has 2 aromatic rings. The fourth-order valence-corrected chi connectivity index (χ4v) is 3.47. The van der Waals surface area contributed by atoms with Crippen LogP contribution in [0.3, 0.4) is 0 Å². The lowest BCUT2D eigenvalue weighted by atomic mass is 9.93. The summed E-state index contributed by atoms with van der Waals surface area (Å²) in [4.78, 5) is 18.4. The number of pyridine rings is 1. The second-order valence-electron chi connectivity index (χ2n) is 7.95. The number of alkyl halides is 3. The van der Waals surface area contributed by atoms with E-state index in [2.05, 4.69) is 10.1 Å². The number of anilines is 1. The third-order valence-corrected chi connectivity index (χ3v) is 4.98. The van der Waals surface area contributed by atoms with E-state index in [9.17, 15) is 18.0 Å². The monoisotopic (exact) mass is 415 g/mol. The normalized spacial score (nSPS) is 18.0. The molecule has 0 aromatic carbocycles. The average molecular weight is 416 g/mol. The minimum atomic E-state index is -4.52. The van der Waals surface area contributed by atoms with Crippen molar-refractivity contribution in [3.63, 3.8) is 0 Å². The standard InChI is InChI=1S/C19H21ClF3N3O2/c1-18(2,3)16-9-12(25-28-16)8-15(27)14-5-4-6-26(14)17-13(20)7-11(10-24-17)19(21,22)23/h7,9-10,14H,4-6,8H2,1-3H3/t14-/m0/s1. The Hall–Kier alpha value is -2.09. The van der Waals surface area contributed by atoms with E-state index in [0.717, 1.165) is 18.7 Å². The largest absolute Gasteiger partial charge is 0.417 e. The SMILES string of the molecule is CC(C)(C)c1cc(CC(=O)[C@@H]2CCCN2c2ncc(C(F)(F)F)cc2Cl)no1. The molecule has 1 aliphatic heterocycles. The molecular weight excluding hydrogens is 395 g/mol. The molecule has 0 unspecified atom stereocenters. The first-order chi connectivity index (χ1) is 13.0. The van der Waals surface area contributed by atoms with E-state index >= 15 is 0 Å². The molecule has 9 heteroatoms. The zero-order valence-corrected chi connectivity index (χ0v) is 16.6. The van der Waals surface area contributed by atoms with Gasteiger partial charge in [-0.3, -0.25) is 4.79 Å². The lowest BCUT2D eigenvalue weighted by Gasteiger charge is -2.25. The maximum atomic E-state index is 12.8. The summed E-state index contributed by atoms with van der Waals surface area (Å²) >= 11 is 6.06. The molecular formula is C19H21ClF3N3O2. The zero-order valence-electron chi connectivity index (χ0n) is 15.8. The van der Waals surface area contributed by atoms with Gasteiger partial charge in [-0.15, -0.1) is 0 Å². The fraction of sp³-hybridized carbons (Fsp3) is 0.526. The van der Waals surface area contributed by atoms with Crippen LogP contribution in [0.2, 0.25) is 5.02 Å². The van der Waals surface area contributed by atoms with Crippen LogP contribution in [0.15, 0.2) is 22.9 Å². The van der Waals surface area contributed by atoms with Crippen molar-refractivity contribution in [3.05, 3.63) is 40.4 Å². The highest BCUT2D eigenvalue weighted by atomic mass is 35.5. The molecule has 3 heterocycles. The molecule has 0 amide bonds. The van der Waals surface area contributed by atoms with Gasteiger partial charge in [-0.2, -0.15) is 13.2 Å². The number of hydrogen-bond donors (Lipinski definition) is 0. The highest BCUT2D eigenvalue weighted by Gasteiger charge is 2.36. The van der Waals surface area contributed by atoms with Crippen molar-refractivity contribution in [1.29, 1.82) is 0 Å². The summed E-state index contributed by atoms with van der Waals surface area (Å²) in [6.07, 6.45) is -2.39. The van der Waals surface area contributed by atoms with Crippen LogP contribution in [-0.2, 0) is 22.8 Å². The lowest BCUT2D eigenvalue weighted by molar-refractivity contribution is -0.137. The number of nitrogens with zero attached hydrogens (tertiary/aromatic N) is 3. The molecule has 0 radical (unpaired) electrons. The molecule has 3 rings (SSSR count). The highest BCUT2D eigenvalue weighted by molar-refractivity contribution is 6.33. The third kappa shape index (κ3) is 4.32. The van der Waals surface area contributed by atoms with Crippen molar-refractivity contribution in [3.8, 4) is 0 Å². The summed E-state index contributed by atoms with van der Waals surface area (Å²) < 4.78 is 43.8. The summed E-state index contributed by atoms with van der Waals surface area (Å²) in [7, 11) is 0. The number of aromatic nitrogens is 2. The molecule has 0 N–H and O–H groups in total. The van der Waals surface area contributed by atoms with Crippen molar-refractivity contribution in [2.24, 2.45) is 0 Å². The molecule has 1 aliphatic rings. The van der Waals surface area contributed by atoms with Gasteiger partial charge in [0.1, 0.15) is 11.6 Å². The summed E-state index contributed by atoms with van der Waals surface area (Å²) in [5.41, 5.74) is -0.598. The first kappa shape index (κ1) is 20.6. The molecule has 152 valence electrons. The molecule has 0 bridgehead atoms. The molecule has 1 atom stereocenters. The quantitative estimate of drug-likeness (QED) is 0.716. The Kier molecular flexibility index (Phi) is 5.44. The zero-order chi connectivity index (χ0) is 20.7. The van der Waals surface area contributed by atoms with Crippen molar-refractivity contribution < 1.29 is 22.5 Å². The first-order valence-corrected chi connectivity index (χ1v) is 9.33. The van der Waals surface area contributed by atoms with Gasteiger partial charge in [0.05, 0.1) is 28.7 Å². The Labute approximate surface area is 165 Å². The minimum absolute atomic E-state index is 0.0823. The van der Waals surface area contributed by atoms with Crippen LogP contribution < -0.4 is 4.90 Å². The van der Waals surface area contributed by atoms with E-state index in [4.69, 9.17) is 16.1 Å². The van der Waals surface area contributed by atoms with Crippen LogP contribution in [0.25, 0.3) is 0 Å². The number of carbonyl (C=O) groups is 1. The predicted octanol–water partition coefficient (Wildman–Crippen LogP) is 4.82. The number of carbonyl (C=O) groups excluding carboxylic acids is 1. The number of Topliss-reactive ketones (excluding diaryl/α,β-unsaturated/α-hetero) is 1. The van der Waals surface area contributed by atoms with Crippen LogP contribution >= 0.6 is 11.6 Å². The van der Waals surface area contributed by atoms with Gasteiger partial charge < -0.3 is 9.42 Å². The van der Waals surface area contributed by atoms with Gasteiger partial charge in [0.25, 0.3) is 0 Å². The summed E-state index contributed by atoms with van der Waals surface area (Å²) in [5, 5.41) is 3.85. The maximum absolute atomic E-state index is 12.8. The molecule has 28 heavy (non-hydrogen) atoms. The Morgan fingerprint density at radius 1 is 1.32 bits per heavy atom. The van der Waals surface area contributed by atoms with E-state index in [0.29, 0.717) is 24.4 Å². The van der Waals surface area contributed by atoms with Gasteiger partial charge in [-0.1, -0.05) is 37.5 Å². The van der Waals surface area contributed by atoms with E-state index < -0.39 is 17.8 Å². The van der Waals surface area contributed by atoms with E-state index in [1.54, 1.807) is 11.0 Å². The Balaban J connectivity index is 1.77. The number of ketones is 1. The topological polar surface area (TPSA) is 59.2 Å². The predicted molar refractivity (Wildman–Crippen MR) is 98.5 cm³/mol. The summed E-state index contributed by atoms with van der Waals surface area (Å²) in [6, 6.07) is 2.11.